The predicted octanol–water partition coefficient (Wildman–Crippen LogP) is 0.876. The summed E-state index contributed by atoms with van der Waals surface area (Å²) >= 11 is 0. The normalized spacial score (nSPS) is 24.7. The average molecular weight is 191 g/mol. The summed E-state index contributed by atoms with van der Waals surface area (Å²) in [7, 11) is 0. The number of aryl methyl sites for hydroxylation is 1. The first kappa shape index (κ1) is 9.21. The molecular formula is C11H13NO2. The number of carbonyl (C=O) groups is 1. The highest BCUT2D eigenvalue weighted by atomic mass is 16.4. The number of hydrogen-bond donors (Lipinski definition) is 2. The van der Waals surface area contributed by atoms with Gasteiger partial charge in [-0.25, -0.2) is 0 Å². The van der Waals surface area contributed by atoms with Gasteiger partial charge in [-0.2, -0.15) is 0 Å². The molecule has 2 rings (SSSR count). The zero-order valence-corrected chi connectivity index (χ0v) is 8.08. The minimum absolute atomic E-state index is 0.442. The van der Waals surface area contributed by atoms with Gasteiger partial charge in [0.15, 0.2) is 0 Å². The molecule has 0 saturated carbocycles. The Morgan fingerprint density at radius 2 is 2.07 bits per heavy atom. The van der Waals surface area contributed by atoms with Gasteiger partial charge in [-0.1, -0.05) is 23.8 Å². The van der Waals surface area contributed by atoms with Gasteiger partial charge >= 0.3 is 5.97 Å². The fourth-order valence-electron chi connectivity index (χ4n) is 1.99. The highest BCUT2D eigenvalue weighted by molar-refractivity contribution is 5.81. The number of carboxylic acid groups (broad SMARTS) is 1. The van der Waals surface area contributed by atoms with Crippen LogP contribution in [0.2, 0.25) is 0 Å². The van der Waals surface area contributed by atoms with Crippen LogP contribution in [0.4, 0.5) is 0 Å². The van der Waals surface area contributed by atoms with E-state index in [-0.39, 0.29) is 0 Å². The summed E-state index contributed by atoms with van der Waals surface area (Å²) in [5.41, 5.74) is 8.02. The Labute approximate surface area is 82.5 Å². The van der Waals surface area contributed by atoms with Crippen LogP contribution < -0.4 is 5.73 Å². The van der Waals surface area contributed by atoms with Crippen molar-refractivity contribution in [1.82, 2.24) is 0 Å². The number of benzene rings is 1. The van der Waals surface area contributed by atoms with Gasteiger partial charge in [-0.3, -0.25) is 4.79 Å². The quantitative estimate of drug-likeness (QED) is 0.692. The van der Waals surface area contributed by atoms with E-state index in [2.05, 4.69) is 0 Å². The van der Waals surface area contributed by atoms with E-state index < -0.39 is 11.5 Å². The van der Waals surface area contributed by atoms with Crippen molar-refractivity contribution in [1.29, 1.82) is 0 Å². The largest absolute Gasteiger partial charge is 0.480 e. The van der Waals surface area contributed by atoms with Crippen molar-refractivity contribution in [3.63, 3.8) is 0 Å². The standard InChI is InChI=1S/C11H13NO2/c1-7-2-3-8-5-11(12,10(13)14)6-9(8)4-7/h2-4H,5-6,12H2,1H3,(H,13,14). The van der Waals surface area contributed by atoms with Gasteiger partial charge in [0.1, 0.15) is 5.54 Å². The van der Waals surface area contributed by atoms with Crippen molar-refractivity contribution in [3.8, 4) is 0 Å². The van der Waals surface area contributed by atoms with E-state index in [1.165, 1.54) is 0 Å². The second-order valence-corrected chi connectivity index (χ2v) is 4.09. The molecule has 0 saturated heterocycles. The summed E-state index contributed by atoms with van der Waals surface area (Å²) in [6.45, 7) is 2.00. The van der Waals surface area contributed by atoms with Crippen molar-refractivity contribution >= 4 is 5.97 Å². The topological polar surface area (TPSA) is 63.3 Å². The van der Waals surface area contributed by atoms with E-state index in [9.17, 15) is 4.79 Å². The van der Waals surface area contributed by atoms with Crippen LogP contribution in [0.5, 0.6) is 0 Å². The Bertz CT molecular complexity index is 400. The molecule has 0 spiro atoms. The Kier molecular flexibility index (Phi) is 1.86. The number of rotatable bonds is 1. The molecule has 1 aliphatic rings. The molecule has 0 aliphatic heterocycles. The fourth-order valence-corrected chi connectivity index (χ4v) is 1.99. The van der Waals surface area contributed by atoms with Crippen molar-refractivity contribution < 1.29 is 9.90 Å². The van der Waals surface area contributed by atoms with Crippen LogP contribution >= 0.6 is 0 Å². The second kappa shape index (κ2) is 2.82. The molecule has 1 unspecified atom stereocenters. The van der Waals surface area contributed by atoms with E-state index in [4.69, 9.17) is 10.8 Å². The molecular weight excluding hydrogens is 178 g/mol. The molecule has 0 bridgehead atoms. The lowest BCUT2D eigenvalue weighted by atomic mass is 9.98. The zero-order valence-electron chi connectivity index (χ0n) is 8.08. The van der Waals surface area contributed by atoms with Gasteiger partial charge in [-0.05, 0) is 18.1 Å². The summed E-state index contributed by atoms with van der Waals surface area (Å²) < 4.78 is 0. The summed E-state index contributed by atoms with van der Waals surface area (Å²) in [6, 6.07) is 5.99. The van der Waals surface area contributed by atoms with Gasteiger partial charge in [-0.15, -0.1) is 0 Å². The summed E-state index contributed by atoms with van der Waals surface area (Å²) in [6.07, 6.45) is 0.886. The third-order valence-corrected chi connectivity index (χ3v) is 2.80. The van der Waals surface area contributed by atoms with Crippen LogP contribution in [0.25, 0.3) is 0 Å². The number of hydrogen-bond acceptors (Lipinski definition) is 2. The zero-order chi connectivity index (χ0) is 10.3. The first-order chi connectivity index (χ1) is 6.51. The van der Waals surface area contributed by atoms with Crippen LogP contribution in [0.3, 0.4) is 0 Å². The van der Waals surface area contributed by atoms with E-state index >= 15 is 0 Å². The number of carboxylic acids is 1. The molecule has 14 heavy (non-hydrogen) atoms. The van der Waals surface area contributed by atoms with Crippen molar-refractivity contribution in [2.45, 2.75) is 25.3 Å². The molecule has 0 amide bonds. The third kappa shape index (κ3) is 1.30. The maximum Gasteiger partial charge on any atom is 0.324 e. The first-order valence-corrected chi connectivity index (χ1v) is 4.62. The summed E-state index contributed by atoms with van der Waals surface area (Å²) in [4.78, 5) is 11.0. The maximum atomic E-state index is 11.0. The number of fused-ring (bicyclic) bond motifs is 1. The summed E-state index contributed by atoms with van der Waals surface area (Å²) in [5, 5.41) is 8.99. The Balaban J connectivity index is 2.39. The molecule has 1 atom stereocenters. The lowest BCUT2D eigenvalue weighted by Gasteiger charge is -2.16. The van der Waals surface area contributed by atoms with E-state index in [0.717, 1.165) is 16.7 Å². The highest BCUT2D eigenvalue weighted by Gasteiger charge is 2.40. The van der Waals surface area contributed by atoms with Gasteiger partial charge in [0.05, 0.1) is 0 Å². The minimum Gasteiger partial charge on any atom is -0.480 e. The molecule has 0 fully saturated rings. The first-order valence-electron chi connectivity index (χ1n) is 4.62. The highest BCUT2D eigenvalue weighted by Crippen LogP contribution is 2.29. The van der Waals surface area contributed by atoms with Crippen molar-refractivity contribution in [2.75, 3.05) is 0 Å². The second-order valence-electron chi connectivity index (χ2n) is 4.09. The molecule has 74 valence electrons. The van der Waals surface area contributed by atoms with E-state index in [1.54, 1.807) is 0 Å². The molecule has 0 heterocycles. The fraction of sp³-hybridized carbons (Fsp3) is 0.364. The molecule has 1 aromatic rings. The molecule has 3 nitrogen and oxygen atoms in total. The summed E-state index contributed by atoms with van der Waals surface area (Å²) in [5.74, 6) is -0.911. The van der Waals surface area contributed by atoms with Crippen LogP contribution in [-0.2, 0) is 17.6 Å². The van der Waals surface area contributed by atoms with Crippen LogP contribution in [0, 0.1) is 6.92 Å². The van der Waals surface area contributed by atoms with Crippen LogP contribution in [0.1, 0.15) is 16.7 Å². The Morgan fingerprint density at radius 3 is 2.71 bits per heavy atom. The Morgan fingerprint density at radius 1 is 1.43 bits per heavy atom. The molecule has 0 aromatic heterocycles. The van der Waals surface area contributed by atoms with Gasteiger partial charge in [0, 0.05) is 12.8 Å². The van der Waals surface area contributed by atoms with Gasteiger partial charge < -0.3 is 10.8 Å². The maximum absolute atomic E-state index is 11.0. The molecule has 1 aromatic carbocycles. The van der Waals surface area contributed by atoms with Crippen molar-refractivity contribution in [2.24, 2.45) is 5.73 Å². The minimum atomic E-state index is -1.09. The lowest BCUT2D eigenvalue weighted by Crippen LogP contribution is -2.48. The van der Waals surface area contributed by atoms with Gasteiger partial charge in [0.25, 0.3) is 0 Å². The number of aliphatic carboxylic acids is 1. The smallest absolute Gasteiger partial charge is 0.324 e. The van der Waals surface area contributed by atoms with E-state index in [1.807, 2.05) is 25.1 Å². The predicted molar refractivity (Wildman–Crippen MR) is 53.1 cm³/mol. The SMILES string of the molecule is Cc1ccc2c(c1)CC(N)(C(=O)O)C2. The molecule has 0 radical (unpaired) electrons. The number of nitrogens with two attached hydrogens (primary N) is 1. The van der Waals surface area contributed by atoms with Gasteiger partial charge in [0.2, 0.25) is 0 Å². The van der Waals surface area contributed by atoms with Crippen molar-refractivity contribution in [3.05, 3.63) is 34.9 Å². The average Bonchev–Trinajstić information content (AvgIpc) is 2.42. The molecule has 3 heteroatoms. The lowest BCUT2D eigenvalue weighted by molar-refractivity contribution is -0.142. The molecule has 1 aliphatic carbocycles. The monoisotopic (exact) mass is 191 g/mol. The third-order valence-electron chi connectivity index (χ3n) is 2.80. The molecule has 3 N–H and O–H groups in total. The van der Waals surface area contributed by atoms with Crippen LogP contribution in [-0.4, -0.2) is 16.6 Å². The van der Waals surface area contributed by atoms with Crippen LogP contribution in [0.15, 0.2) is 18.2 Å². The van der Waals surface area contributed by atoms with E-state index in [0.29, 0.717) is 12.8 Å². The Hall–Kier alpha value is -1.35.